The molecule has 0 radical (unpaired) electrons. The lowest BCUT2D eigenvalue weighted by Gasteiger charge is -2.38. The Morgan fingerprint density at radius 2 is 1.74 bits per heavy atom. The number of esters is 1. The smallest absolute Gasteiger partial charge is 0.338 e. The minimum absolute atomic E-state index is 0.0167. The van der Waals surface area contributed by atoms with Crippen LogP contribution >= 0.6 is 23.4 Å². The Morgan fingerprint density at radius 3 is 2.41 bits per heavy atom. The Bertz CT molecular complexity index is 1380. The average molecular weight is 565 g/mol. The minimum Gasteiger partial charge on any atom is -0.463 e. The van der Waals surface area contributed by atoms with Gasteiger partial charge in [0.15, 0.2) is 5.17 Å². The summed E-state index contributed by atoms with van der Waals surface area (Å²) in [7, 11) is 0. The quantitative estimate of drug-likeness (QED) is 0.473. The second-order valence-corrected chi connectivity index (χ2v) is 10.6. The predicted molar refractivity (Wildman–Crippen MR) is 153 cm³/mol. The van der Waals surface area contributed by atoms with Gasteiger partial charge in [-0.1, -0.05) is 65.8 Å². The van der Waals surface area contributed by atoms with E-state index < -0.39 is 12.0 Å². The summed E-state index contributed by atoms with van der Waals surface area (Å²) in [6.45, 7) is 5.55. The summed E-state index contributed by atoms with van der Waals surface area (Å²) < 4.78 is 5.55. The van der Waals surface area contributed by atoms with Gasteiger partial charge in [0.25, 0.3) is 0 Å². The van der Waals surface area contributed by atoms with Crippen LogP contribution in [0.2, 0.25) is 5.02 Å². The van der Waals surface area contributed by atoms with E-state index in [1.165, 1.54) is 11.8 Å². The number of carbonyl (C=O) groups is 3. The van der Waals surface area contributed by atoms with Crippen LogP contribution in [0.15, 0.2) is 76.3 Å². The largest absolute Gasteiger partial charge is 0.463 e. The molecular weight excluding hydrogens is 536 g/mol. The number of nitrogens with zero attached hydrogens (tertiary/aromatic N) is 4. The number of carbonyl (C=O) groups excluding carboxylic acids is 3. The number of fused-ring (bicyclic) bond motifs is 1. The highest BCUT2D eigenvalue weighted by atomic mass is 35.5. The topological polar surface area (TPSA) is 82.5 Å². The molecular formula is C29H29ClN4O4S. The maximum atomic E-state index is 13.6. The van der Waals surface area contributed by atoms with Crippen molar-refractivity contribution in [3.8, 4) is 0 Å². The molecule has 10 heteroatoms. The van der Waals surface area contributed by atoms with Crippen molar-refractivity contribution in [3.63, 3.8) is 0 Å². The first-order valence-corrected chi connectivity index (χ1v) is 14.1. The van der Waals surface area contributed by atoms with E-state index in [9.17, 15) is 14.4 Å². The van der Waals surface area contributed by atoms with E-state index in [0.717, 1.165) is 16.8 Å². The number of amides is 2. The van der Waals surface area contributed by atoms with Crippen LogP contribution in [0, 0.1) is 0 Å². The van der Waals surface area contributed by atoms with Crippen molar-refractivity contribution in [1.29, 1.82) is 0 Å². The summed E-state index contributed by atoms with van der Waals surface area (Å²) >= 11 is 7.84. The van der Waals surface area contributed by atoms with Crippen molar-refractivity contribution >= 4 is 52.0 Å². The van der Waals surface area contributed by atoms with Crippen LogP contribution in [0.25, 0.3) is 5.70 Å². The van der Waals surface area contributed by atoms with Crippen LogP contribution < -0.4 is 0 Å². The molecule has 39 heavy (non-hydrogen) atoms. The zero-order valence-electron chi connectivity index (χ0n) is 21.8. The van der Waals surface area contributed by atoms with Gasteiger partial charge in [-0.3, -0.25) is 9.59 Å². The zero-order chi connectivity index (χ0) is 27.5. The van der Waals surface area contributed by atoms with Crippen LogP contribution in [0.5, 0.6) is 0 Å². The van der Waals surface area contributed by atoms with Crippen molar-refractivity contribution in [2.75, 3.05) is 32.8 Å². The van der Waals surface area contributed by atoms with E-state index in [-0.39, 0.29) is 24.8 Å². The Kier molecular flexibility index (Phi) is 8.09. The Hall–Kier alpha value is -3.56. The maximum absolute atomic E-state index is 13.6. The molecule has 0 spiro atoms. The molecule has 0 saturated carbocycles. The van der Waals surface area contributed by atoms with Crippen LogP contribution in [-0.2, 0) is 19.1 Å². The fraction of sp³-hybridized carbons (Fsp3) is 0.310. The molecule has 3 aliphatic rings. The minimum atomic E-state index is -0.589. The van der Waals surface area contributed by atoms with Crippen molar-refractivity contribution < 1.29 is 19.1 Å². The van der Waals surface area contributed by atoms with Crippen LogP contribution in [0.4, 0.5) is 0 Å². The molecule has 1 saturated heterocycles. The lowest BCUT2D eigenvalue weighted by molar-refractivity contribution is -0.139. The first kappa shape index (κ1) is 27.0. The Balaban J connectivity index is 1.53. The molecule has 0 aliphatic carbocycles. The molecule has 1 fully saturated rings. The summed E-state index contributed by atoms with van der Waals surface area (Å²) in [5.74, 6) is -0.484. The molecule has 0 aromatic heterocycles. The van der Waals surface area contributed by atoms with Crippen LogP contribution in [-0.4, -0.2) is 70.4 Å². The van der Waals surface area contributed by atoms with E-state index in [2.05, 4.69) is 0 Å². The van der Waals surface area contributed by atoms with E-state index in [1.54, 1.807) is 29.7 Å². The molecule has 3 aliphatic heterocycles. The van der Waals surface area contributed by atoms with Crippen LogP contribution in [0.3, 0.4) is 0 Å². The standard InChI is InChI=1S/C29H29ClN4O4S/c1-3-38-28(37)25-26(20-8-5-4-6-9-20)31-29-34(27(25)21-10-7-11-22(30)16-21)23(18-39-29)17-24(36)33-14-12-32(13-15-33)19(2)35/h4-11,16,18,27H,3,12-15,17H2,1-2H3. The number of piperazine rings is 1. The van der Waals surface area contributed by atoms with Gasteiger partial charge in [0, 0.05) is 49.4 Å². The predicted octanol–water partition coefficient (Wildman–Crippen LogP) is 4.70. The zero-order valence-corrected chi connectivity index (χ0v) is 23.4. The highest BCUT2D eigenvalue weighted by Gasteiger charge is 2.42. The third-order valence-electron chi connectivity index (χ3n) is 6.93. The Labute approximate surface area is 236 Å². The highest BCUT2D eigenvalue weighted by molar-refractivity contribution is 8.16. The van der Waals surface area contributed by atoms with Gasteiger partial charge >= 0.3 is 5.97 Å². The first-order chi connectivity index (χ1) is 18.9. The lowest BCUT2D eigenvalue weighted by Crippen LogP contribution is -2.50. The first-order valence-electron chi connectivity index (χ1n) is 12.9. The molecule has 2 amide bonds. The molecule has 2 aromatic rings. The molecule has 0 N–H and O–H groups in total. The van der Waals surface area contributed by atoms with E-state index in [0.29, 0.717) is 47.6 Å². The number of aliphatic imine (C=N–C) groups is 1. The van der Waals surface area contributed by atoms with Crippen molar-refractivity contribution in [2.45, 2.75) is 26.3 Å². The van der Waals surface area contributed by atoms with Crippen molar-refractivity contribution in [1.82, 2.24) is 14.7 Å². The average Bonchev–Trinajstić information content (AvgIpc) is 3.34. The number of hydrogen-bond donors (Lipinski definition) is 0. The van der Waals surface area contributed by atoms with Gasteiger partial charge in [0.2, 0.25) is 11.8 Å². The third kappa shape index (κ3) is 5.60. The molecule has 8 nitrogen and oxygen atoms in total. The van der Waals surface area contributed by atoms with Crippen LogP contribution in [0.1, 0.15) is 37.4 Å². The molecule has 2 aromatic carbocycles. The van der Waals surface area contributed by atoms with Gasteiger partial charge in [-0.25, -0.2) is 9.79 Å². The summed E-state index contributed by atoms with van der Waals surface area (Å²) in [4.78, 5) is 49.1. The van der Waals surface area contributed by atoms with Gasteiger partial charge in [0.05, 0.1) is 30.3 Å². The van der Waals surface area contributed by atoms with Gasteiger partial charge in [-0.2, -0.15) is 0 Å². The summed E-state index contributed by atoms with van der Waals surface area (Å²) in [5, 5.41) is 3.14. The number of halogens is 1. The van der Waals surface area contributed by atoms with Gasteiger partial charge < -0.3 is 19.4 Å². The monoisotopic (exact) mass is 564 g/mol. The molecule has 202 valence electrons. The second-order valence-electron chi connectivity index (χ2n) is 9.36. The summed E-state index contributed by atoms with van der Waals surface area (Å²) in [6, 6.07) is 16.4. The van der Waals surface area contributed by atoms with Gasteiger partial charge in [-0.15, -0.1) is 0 Å². The number of rotatable bonds is 6. The number of benzene rings is 2. The van der Waals surface area contributed by atoms with Crippen molar-refractivity contribution in [3.05, 3.63) is 87.4 Å². The molecule has 3 heterocycles. The van der Waals surface area contributed by atoms with Gasteiger partial charge in [-0.05, 0) is 30.0 Å². The molecule has 1 unspecified atom stereocenters. The molecule has 1 atom stereocenters. The Morgan fingerprint density at radius 1 is 1.03 bits per heavy atom. The van der Waals surface area contributed by atoms with Gasteiger partial charge in [0.1, 0.15) is 0 Å². The van der Waals surface area contributed by atoms with E-state index in [4.69, 9.17) is 21.3 Å². The number of amidine groups is 1. The maximum Gasteiger partial charge on any atom is 0.338 e. The summed E-state index contributed by atoms with van der Waals surface area (Å²) in [6.07, 6.45) is 0.139. The van der Waals surface area contributed by atoms with E-state index in [1.807, 2.05) is 58.8 Å². The normalized spacial score (nSPS) is 18.9. The SMILES string of the molecule is CCOC(=O)C1=C(c2ccccc2)N=C2SC=C(CC(=O)N3CCN(C(C)=O)CC3)N2C1c1cccc(Cl)c1. The van der Waals surface area contributed by atoms with Crippen molar-refractivity contribution in [2.24, 2.45) is 4.99 Å². The number of thioether (sulfide) groups is 1. The third-order valence-corrected chi connectivity index (χ3v) is 8.05. The van der Waals surface area contributed by atoms with E-state index >= 15 is 0 Å². The second kappa shape index (κ2) is 11.7. The lowest BCUT2D eigenvalue weighted by atomic mass is 9.91. The molecule has 5 rings (SSSR count). The number of hydrogen-bond acceptors (Lipinski definition) is 7. The highest BCUT2D eigenvalue weighted by Crippen LogP contribution is 2.47. The fourth-order valence-corrected chi connectivity index (χ4v) is 6.14. The molecule has 0 bridgehead atoms. The fourth-order valence-electron chi connectivity index (χ4n) is 5.02. The summed E-state index contributed by atoms with van der Waals surface area (Å²) in [5.41, 5.74) is 3.27. The number of ether oxygens (including phenoxy) is 1.